The Morgan fingerprint density at radius 3 is 2.47 bits per heavy atom. The number of nitrogens with zero attached hydrogens (tertiary/aromatic N) is 2. The van der Waals surface area contributed by atoms with Gasteiger partial charge in [-0.05, 0) is 19.2 Å². The van der Waals surface area contributed by atoms with Gasteiger partial charge in [0.15, 0.2) is 0 Å². The largest absolute Gasteiger partial charge is 0.401 e. The number of nitriles is 1. The molecule has 0 bridgehead atoms. The summed E-state index contributed by atoms with van der Waals surface area (Å²) in [6.45, 7) is -1.26. The van der Waals surface area contributed by atoms with Crippen molar-refractivity contribution in [2.24, 2.45) is 0 Å². The maximum atomic E-state index is 13.4. The van der Waals surface area contributed by atoms with Crippen LogP contribution in [0.15, 0.2) is 18.2 Å². The highest BCUT2D eigenvalue weighted by atomic mass is 19.4. The van der Waals surface area contributed by atoms with Crippen LogP contribution in [0.3, 0.4) is 0 Å². The van der Waals surface area contributed by atoms with E-state index in [-0.39, 0.29) is 17.7 Å². The molecule has 0 radical (unpaired) electrons. The number of alkyl halides is 3. The maximum Gasteiger partial charge on any atom is 0.401 e. The molecule has 0 aliphatic rings. The molecular weight excluding hydrogens is 236 g/mol. The van der Waals surface area contributed by atoms with Crippen molar-refractivity contribution < 1.29 is 17.6 Å². The lowest BCUT2D eigenvalue weighted by Crippen LogP contribution is -2.30. The number of benzene rings is 1. The van der Waals surface area contributed by atoms with E-state index in [9.17, 15) is 17.6 Å². The third-order valence-electron chi connectivity index (χ3n) is 2.07. The van der Waals surface area contributed by atoms with Crippen LogP contribution in [-0.4, -0.2) is 24.7 Å². The van der Waals surface area contributed by atoms with Gasteiger partial charge in [0.05, 0.1) is 18.2 Å². The van der Waals surface area contributed by atoms with Gasteiger partial charge < -0.3 is 0 Å². The second-order valence-electron chi connectivity index (χ2n) is 3.71. The van der Waals surface area contributed by atoms with Gasteiger partial charge in [-0.2, -0.15) is 18.4 Å². The van der Waals surface area contributed by atoms with E-state index < -0.39 is 18.5 Å². The summed E-state index contributed by atoms with van der Waals surface area (Å²) in [5.41, 5.74) is 0.278. The zero-order valence-electron chi connectivity index (χ0n) is 9.05. The summed E-state index contributed by atoms with van der Waals surface area (Å²) in [6.07, 6.45) is -4.31. The molecule has 92 valence electrons. The van der Waals surface area contributed by atoms with Crippen LogP contribution in [0, 0.1) is 17.1 Å². The van der Waals surface area contributed by atoms with Gasteiger partial charge in [0, 0.05) is 12.1 Å². The molecule has 0 aliphatic carbocycles. The van der Waals surface area contributed by atoms with Gasteiger partial charge in [0.1, 0.15) is 5.82 Å². The number of hydrogen-bond donors (Lipinski definition) is 0. The third kappa shape index (κ3) is 4.41. The molecule has 0 fully saturated rings. The molecule has 1 aromatic carbocycles. The van der Waals surface area contributed by atoms with Crippen molar-refractivity contribution in [1.29, 1.82) is 5.26 Å². The minimum absolute atomic E-state index is 0.135. The quantitative estimate of drug-likeness (QED) is 0.767. The molecule has 2 nitrogen and oxygen atoms in total. The van der Waals surface area contributed by atoms with E-state index in [1.165, 1.54) is 19.2 Å². The summed E-state index contributed by atoms with van der Waals surface area (Å²) >= 11 is 0. The van der Waals surface area contributed by atoms with Crippen molar-refractivity contribution in [2.75, 3.05) is 13.6 Å². The molecule has 0 N–H and O–H groups in total. The van der Waals surface area contributed by atoms with E-state index in [1.807, 2.05) is 0 Å². The minimum atomic E-state index is -4.31. The average molecular weight is 246 g/mol. The Balaban J connectivity index is 2.73. The van der Waals surface area contributed by atoms with Crippen molar-refractivity contribution in [1.82, 2.24) is 4.90 Å². The molecule has 1 rings (SSSR count). The maximum absolute atomic E-state index is 13.4. The standard InChI is InChI=1S/C11H10F4N2/c1-17(7-11(13,14)15)6-9-3-2-8(5-16)4-10(9)12/h2-4H,6-7H2,1H3. The Morgan fingerprint density at radius 2 is 2.00 bits per heavy atom. The second kappa shape index (κ2) is 5.15. The van der Waals surface area contributed by atoms with Crippen LogP contribution in [0.2, 0.25) is 0 Å². The summed E-state index contributed by atoms with van der Waals surface area (Å²) in [6, 6.07) is 5.46. The Labute approximate surface area is 96.1 Å². The Kier molecular flexibility index (Phi) is 4.07. The van der Waals surface area contributed by atoms with Crippen LogP contribution in [0.5, 0.6) is 0 Å². The van der Waals surface area contributed by atoms with Gasteiger partial charge in [0.25, 0.3) is 0 Å². The van der Waals surface area contributed by atoms with Crippen molar-refractivity contribution >= 4 is 0 Å². The molecule has 0 saturated carbocycles. The summed E-state index contributed by atoms with van der Waals surface area (Å²) < 4.78 is 49.5. The lowest BCUT2D eigenvalue weighted by atomic mass is 10.1. The zero-order valence-corrected chi connectivity index (χ0v) is 9.05. The van der Waals surface area contributed by atoms with Crippen LogP contribution < -0.4 is 0 Å². The summed E-state index contributed by atoms with van der Waals surface area (Å²) in [5, 5.41) is 8.51. The molecule has 0 saturated heterocycles. The van der Waals surface area contributed by atoms with Gasteiger partial charge in [-0.3, -0.25) is 4.90 Å². The molecular formula is C11H10F4N2. The lowest BCUT2D eigenvalue weighted by molar-refractivity contribution is -0.144. The van der Waals surface area contributed by atoms with Crippen molar-refractivity contribution in [3.05, 3.63) is 35.1 Å². The van der Waals surface area contributed by atoms with Crippen molar-refractivity contribution in [3.63, 3.8) is 0 Å². The Hall–Kier alpha value is -1.61. The molecule has 6 heteroatoms. The number of rotatable bonds is 3. The van der Waals surface area contributed by atoms with E-state index in [1.54, 1.807) is 6.07 Å². The van der Waals surface area contributed by atoms with E-state index >= 15 is 0 Å². The number of hydrogen-bond acceptors (Lipinski definition) is 2. The first-order valence-corrected chi connectivity index (χ1v) is 4.75. The predicted molar refractivity (Wildman–Crippen MR) is 53.5 cm³/mol. The normalized spacial score (nSPS) is 11.6. The predicted octanol–water partition coefficient (Wildman–Crippen LogP) is 2.69. The zero-order chi connectivity index (χ0) is 13.1. The Morgan fingerprint density at radius 1 is 1.35 bits per heavy atom. The van der Waals surface area contributed by atoms with Gasteiger partial charge >= 0.3 is 6.18 Å². The molecule has 0 spiro atoms. The van der Waals surface area contributed by atoms with E-state index in [0.717, 1.165) is 11.0 Å². The first-order chi connectivity index (χ1) is 7.81. The lowest BCUT2D eigenvalue weighted by Gasteiger charge is -2.18. The SMILES string of the molecule is CN(Cc1ccc(C#N)cc1F)CC(F)(F)F. The molecule has 0 aromatic heterocycles. The molecule has 0 amide bonds. The van der Waals surface area contributed by atoms with E-state index in [4.69, 9.17) is 5.26 Å². The number of halogens is 4. The highest BCUT2D eigenvalue weighted by Gasteiger charge is 2.29. The van der Waals surface area contributed by atoms with Crippen molar-refractivity contribution in [2.45, 2.75) is 12.7 Å². The molecule has 0 heterocycles. The van der Waals surface area contributed by atoms with Crippen molar-refractivity contribution in [3.8, 4) is 6.07 Å². The fraction of sp³-hybridized carbons (Fsp3) is 0.364. The highest BCUT2D eigenvalue weighted by molar-refractivity contribution is 5.32. The first-order valence-electron chi connectivity index (χ1n) is 4.75. The van der Waals surface area contributed by atoms with Crippen LogP contribution in [0.1, 0.15) is 11.1 Å². The molecule has 17 heavy (non-hydrogen) atoms. The highest BCUT2D eigenvalue weighted by Crippen LogP contribution is 2.18. The molecule has 0 atom stereocenters. The monoisotopic (exact) mass is 246 g/mol. The molecule has 1 aromatic rings. The summed E-state index contributed by atoms with van der Waals surface area (Å²) in [7, 11) is 1.26. The van der Waals surface area contributed by atoms with Gasteiger partial charge in [0.2, 0.25) is 0 Å². The second-order valence-corrected chi connectivity index (χ2v) is 3.71. The van der Waals surface area contributed by atoms with Gasteiger partial charge in [-0.25, -0.2) is 4.39 Å². The molecule has 0 unspecified atom stereocenters. The first kappa shape index (κ1) is 13.5. The minimum Gasteiger partial charge on any atom is -0.294 e. The van der Waals surface area contributed by atoms with Crippen LogP contribution >= 0.6 is 0 Å². The van der Waals surface area contributed by atoms with E-state index in [2.05, 4.69) is 0 Å². The summed E-state index contributed by atoms with van der Waals surface area (Å²) in [5.74, 6) is -0.668. The fourth-order valence-electron chi connectivity index (χ4n) is 1.40. The Bertz CT molecular complexity index is 434. The average Bonchev–Trinajstić information content (AvgIpc) is 2.18. The topological polar surface area (TPSA) is 27.0 Å². The molecule has 0 aliphatic heterocycles. The third-order valence-corrected chi connectivity index (χ3v) is 2.07. The van der Waals surface area contributed by atoms with Crippen LogP contribution in [0.25, 0.3) is 0 Å². The van der Waals surface area contributed by atoms with Crippen LogP contribution in [-0.2, 0) is 6.54 Å². The fourth-order valence-corrected chi connectivity index (χ4v) is 1.40. The summed E-state index contributed by atoms with van der Waals surface area (Å²) in [4.78, 5) is 0.963. The van der Waals surface area contributed by atoms with E-state index in [0.29, 0.717) is 0 Å². The smallest absolute Gasteiger partial charge is 0.294 e. The van der Waals surface area contributed by atoms with Crippen LogP contribution in [0.4, 0.5) is 17.6 Å². The van der Waals surface area contributed by atoms with Gasteiger partial charge in [-0.1, -0.05) is 6.07 Å². The van der Waals surface area contributed by atoms with Gasteiger partial charge in [-0.15, -0.1) is 0 Å².